The molecule has 0 aromatic carbocycles. The number of nitrogens with one attached hydrogen (secondary N) is 1. The molecule has 0 aliphatic heterocycles. The van der Waals surface area contributed by atoms with E-state index in [0.29, 0.717) is 19.4 Å². The molecule has 1 amide bonds. The number of amides is 1. The molecule has 6 heteroatoms. The van der Waals surface area contributed by atoms with Crippen LogP contribution in [0.15, 0.2) is 24.3 Å². The van der Waals surface area contributed by atoms with Crippen LogP contribution in [-0.2, 0) is 14.3 Å². The first-order chi connectivity index (χ1) is 35.0. The zero-order chi connectivity index (χ0) is 51.4. The minimum atomic E-state index is -0.848. The fourth-order valence-electron chi connectivity index (χ4n) is 10.0. The zero-order valence-corrected chi connectivity index (χ0v) is 48.0. The van der Waals surface area contributed by atoms with Gasteiger partial charge in [-0.15, -0.1) is 0 Å². The molecule has 420 valence electrons. The van der Waals surface area contributed by atoms with E-state index < -0.39 is 12.1 Å². The zero-order valence-electron chi connectivity index (χ0n) is 48.0. The Bertz CT molecular complexity index is 1110. The van der Waals surface area contributed by atoms with Crippen LogP contribution < -0.4 is 5.32 Å². The van der Waals surface area contributed by atoms with Crippen LogP contribution >= 0.6 is 0 Å². The fraction of sp³-hybridized carbons (Fsp3) is 0.908. The Morgan fingerprint density at radius 1 is 0.380 bits per heavy atom. The van der Waals surface area contributed by atoms with Crippen LogP contribution in [0.3, 0.4) is 0 Å². The number of rotatable bonds is 60. The number of ether oxygens (including phenoxy) is 1. The van der Waals surface area contributed by atoms with Crippen LogP contribution in [0.2, 0.25) is 0 Å². The molecule has 3 N–H and O–H groups in total. The molecule has 0 aromatic heterocycles. The van der Waals surface area contributed by atoms with Crippen molar-refractivity contribution in [3.63, 3.8) is 0 Å². The average molecular weight is 1000 g/mol. The fourth-order valence-corrected chi connectivity index (χ4v) is 10.0. The summed E-state index contributed by atoms with van der Waals surface area (Å²) < 4.78 is 5.49. The van der Waals surface area contributed by atoms with E-state index in [0.717, 1.165) is 44.9 Å². The molecule has 0 saturated heterocycles. The maximum atomic E-state index is 12.5. The van der Waals surface area contributed by atoms with Crippen molar-refractivity contribution in [2.24, 2.45) is 0 Å². The molecule has 0 rings (SSSR count). The quantitative estimate of drug-likeness (QED) is 0.0320. The van der Waals surface area contributed by atoms with Crippen LogP contribution in [0.1, 0.15) is 354 Å². The predicted molar refractivity (Wildman–Crippen MR) is 310 cm³/mol. The van der Waals surface area contributed by atoms with Gasteiger partial charge < -0.3 is 20.3 Å². The van der Waals surface area contributed by atoms with E-state index in [1.54, 1.807) is 6.08 Å². The van der Waals surface area contributed by atoms with Gasteiger partial charge >= 0.3 is 5.97 Å². The lowest BCUT2D eigenvalue weighted by Crippen LogP contribution is -2.45. The molecule has 0 spiro atoms. The maximum Gasteiger partial charge on any atom is 0.305 e. The number of aliphatic hydroxyl groups is 2. The number of hydrogen-bond acceptors (Lipinski definition) is 5. The molecule has 71 heavy (non-hydrogen) atoms. The minimum absolute atomic E-state index is 0.0148. The Hall–Kier alpha value is -1.66. The number of allylic oxidation sites excluding steroid dienone is 3. The summed E-state index contributed by atoms with van der Waals surface area (Å²) in [5.41, 5.74) is 0. The van der Waals surface area contributed by atoms with Crippen molar-refractivity contribution in [2.75, 3.05) is 13.2 Å². The number of carbonyl (C=O) groups excluding carboxylic acids is 2. The molecular formula is C65H125NO5. The van der Waals surface area contributed by atoms with E-state index in [1.807, 2.05) is 6.08 Å². The van der Waals surface area contributed by atoms with Gasteiger partial charge in [0, 0.05) is 12.8 Å². The van der Waals surface area contributed by atoms with Crippen molar-refractivity contribution in [3.05, 3.63) is 24.3 Å². The molecular weight excluding hydrogens is 875 g/mol. The van der Waals surface area contributed by atoms with Crippen molar-refractivity contribution in [2.45, 2.75) is 366 Å². The number of unbranched alkanes of at least 4 members (excludes halogenated alkanes) is 47. The summed E-state index contributed by atoms with van der Waals surface area (Å²) in [7, 11) is 0. The monoisotopic (exact) mass is 1000 g/mol. The van der Waals surface area contributed by atoms with Crippen LogP contribution in [0.5, 0.6) is 0 Å². The first-order valence-electron chi connectivity index (χ1n) is 32.1. The first kappa shape index (κ1) is 69.3. The normalized spacial score (nSPS) is 12.7. The van der Waals surface area contributed by atoms with E-state index in [4.69, 9.17) is 4.74 Å². The number of esters is 1. The third-order valence-electron chi connectivity index (χ3n) is 15.0. The topological polar surface area (TPSA) is 95.9 Å². The van der Waals surface area contributed by atoms with E-state index in [2.05, 4.69) is 31.3 Å². The Morgan fingerprint density at radius 3 is 1.00 bits per heavy atom. The van der Waals surface area contributed by atoms with Gasteiger partial charge in [-0.3, -0.25) is 9.59 Å². The molecule has 0 bridgehead atoms. The summed E-state index contributed by atoms with van der Waals surface area (Å²) in [4.78, 5) is 24.5. The summed E-state index contributed by atoms with van der Waals surface area (Å²) in [6.07, 6.45) is 75.1. The Morgan fingerprint density at radius 2 is 0.662 bits per heavy atom. The Kier molecular flexibility index (Phi) is 59.5. The second-order valence-corrected chi connectivity index (χ2v) is 22.1. The summed E-state index contributed by atoms with van der Waals surface area (Å²) in [6.45, 7) is 4.93. The highest BCUT2D eigenvalue weighted by Gasteiger charge is 2.18. The van der Waals surface area contributed by atoms with Gasteiger partial charge in [-0.05, 0) is 57.8 Å². The van der Waals surface area contributed by atoms with Crippen molar-refractivity contribution in [1.82, 2.24) is 5.32 Å². The average Bonchev–Trinajstić information content (AvgIpc) is 3.37. The van der Waals surface area contributed by atoms with Gasteiger partial charge in [0.25, 0.3) is 0 Å². The summed E-state index contributed by atoms with van der Waals surface area (Å²) in [5, 5.41) is 23.1. The Labute approximate surface area is 443 Å². The van der Waals surface area contributed by atoms with E-state index in [1.165, 1.54) is 283 Å². The molecule has 0 radical (unpaired) electrons. The SMILES string of the molecule is CCCCCCCCCCCCCCC/C=C/C(O)C(CO)NC(=O)CCCCCCCCC/C=C\CCCCCCCCCCCCCCOC(=O)CCCCCCCCCCCCCCCCCC. The van der Waals surface area contributed by atoms with Crippen LogP contribution in [0, 0.1) is 0 Å². The number of aliphatic hydroxyl groups excluding tert-OH is 2. The molecule has 0 aliphatic carbocycles. The second-order valence-electron chi connectivity index (χ2n) is 22.1. The standard InChI is InChI=1S/C65H125NO5/c1-3-5-7-9-11-13-15-17-19-31-35-39-43-47-51-55-59-65(70)71-60-56-52-48-44-40-36-32-28-26-24-22-20-21-23-25-27-30-34-38-42-46-50-54-58-64(69)66-62(61-67)63(68)57-53-49-45-41-37-33-29-18-16-14-12-10-8-6-4-2/h23,25,53,57,62-63,67-68H,3-22,24,26-52,54-56,58-61H2,1-2H3,(H,66,69)/b25-23-,57-53+. The predicted octanol–water partition coefficient (Wildman–Crippen LogP) is 20.2. The molecule has 2 unspecified atom stereocenters. The summed E-state index contributed by atoms with van der Waals surface area (Å²) >= 11 is 0. The summed E-state index contributed by atoms with van der Waals surface area (Å²) in [5.74, 6) is -0.0577. The largest absolute Gasteiger partial charge is 0.466 e. The van der Waals surface area contributed by atoms with Crippen molar-refractivity contribution >= 4 is 11.9 Å². The highest BCUT2D eigenvalue weighted by molar-refractivity contribution is 5.76. The third kappa shape index (κ3) is 57.5. The highest BCUT2D eigenvalue weighted by Crippen LogP contribution is 2.18. The number of carbonyl (C=O) groups is 2. The van der Waals surface area contributed by atoms with Gasteiger partial charge in [0.2, 0.25) is 5.91 Å². The lowest BCUT2D eigenvalue weighted by atomic mass is 10.0. The van der Waals surface area contributed by atoms with E-state index >= 15 is 0 Å². The van der Waals surface area contributed by atoms with Crippen LogP contribution in [-0.4, -0.2) is 47.4 Å². The summed E-state index contributed by atoms with van der Waals surface area (Å²) in [6, 6.07) is -0.632. The third-order valence-corrected chi connectivity index (χ3v) is 15.0. The smallest absolute Gasteiger partial charge is 0.305 e. The van der Waals surface area contributed by atoms with Gasteiger partial charge in [0.15, 0.2) is 0 Å². The lowest BCUT2D eigenvalue weighted by molar-refractivity contribution is -0.143. The minimum Gasteiger partial charge on any atom is -0.466 e. The molecule has 2 atom stereocenters. The van der Waals surface area contributed by atoms with Crippen molar-refractivity contribution in [3.8, 4) is 0 Å². The van der Waals surface area contributed by atoms with E-state index in [9.17, 15) is 19.8 Å². The van der Waals surface area contributed by atoms with Gasteiger partial charge in [-0.2, -0.15) is 0 Å². The lowest BCUT2D eigenvalue weighted by Gasteiger charge is -2.20. The van der Waals surface area contributed by atoms with Gasteiger partial charge in [0.1, 0.15) is 0 Å². The Balaban J connectivity index is 3.41. The first-order valence-corrected chi connectivity index (χ1v) is 32.1. The van der Waals surface area contributed by atoms with Crippen LogP contribution in [0.25, 0.3) is 0 Å². The molecule has 0 heterocycles. The number of hydrogen-bond donors (Lipinski definition) is 3. The maximum absolute atomic E-state index is 12.5. The molecule has 0 aromatic rings. The van der Waals surface area contributed by atoms with Crippen molar-refractivity contribution < 1.29 is 24.5 Å². The van der Waals surface area contributed by atoms with Gasteiger partial charge in [-0.25, -0.2) is 0 Å². The molecule has 6 nitrogen and oxygen atoms in total. The molecule has 0 aliphatic rings. The van der Waals surface area contributed by atoms with Crippen LogP contribution in [0.4, 0.5) is 0 Å². The second kappa shape index (κ2) is 60.9. The van der Waals surface area contributed by atoms with Gasteiger partial charge in [0.05, 0.1) is 25.4 Å². The molecule has 0 saturated carbocycles. The highest BCUT2D eigenvalue weighted by atomic mass is 16.5. The molecule has 0 fully saturated rings. The van der Waals surface area contributed by atoms with Crippen molar-refractivity contribution in [1.29, 1.82) is 0 Å². The van der Waals surface area contributed by atoms with E-state index in [-0.39, 0.29) is 18.5 Å². The van der Waals surface area contributed by atoms with Gasteiger partial charge in [-0.1, -0.05) is 308 Å².